The van der Waals surface area contributed by atoms with Crippen LogP contribution in [0.3, 0.4) is 0 Å². The van der Waals surface area contributed by atoms with Crippen molar-refractivity contribution >= 4 is 5.97 Å². The van der Waals surface area contributed by atoms with Crippen LogP contribution in [-0.4, -0.2) is 17.4 Å². The van der Waals surface area contributed by atoms with Gasteiger partial charge in [0.25, 0.3) is 0 Å². The Kier molecular flexibility index (Phi) is 6.27. The van der Waals surface area contributed by atoms with E-state index in [2.05, 4.69) is 68.9 Å². The van der Waals surface area contributed by atoms with Crippen LogP contribution in [0, 0.1) is 27.6 Å². The van der Waals surface area contributed by atoms with Gasteiger partial charge in [-0.15, -0.1) is 0 Å². The van der Waals surface area contributed by atoms with Crippen LogP contribution in [0.15, 0.2) is 12.2 Å². The molecule has 2 atom stereocenters. The number of ether oxygens (including phenoxy) is 1. The Morgan fingerprint density at radius 2 is 1.56 bits per heavy atom. The molecule has 2 unspecified atom stereocenters. The molecule has 0 radical (unpaired) electrons. The van der Waals surface area contributed by atoms with Gasteiger partial charge in [0, 0.05) is 5.92 Å². The Labute approximate surface area is 155 Å². The average molecular weight is 353 g/mol. The van der Waals surface area contributed by atoms with Crippen molar-refractivity contribution in [3.63, 3.8) is 0 Å². The maximum atomic E-state index is 11.3. The minimum absolute atomic E-state index is 0.0705. The highest BCUT2D eigenvalue weighted by Gasteiger charge is 2.45. The summed E-state index contributed by atoms with van der Waals surface area (Å²) < 4.78 is 4.85. The first-order chi connectivity index (χ1) is 11.0. The quantitative estimate of drug-likeness (QED) is 0.471. The predicted octanol–water partition coefficient (Wildman–Crippen LogP) is 5.72. The van der Waals surface area contributed by atoms with Gasteiger partial charge in [0.15, 0.2) is 0 Å². The number of hydrogen-bond donors (Lipinski definition) is 1. The van der Waals surface area contributed by atoms with Crippen molar-refractivity contribution in [3.05, 3.63) is 12.2 Å². The lowest BCUT2D eigenvalue weighted by Crippen LogP contribution is -2.41. The van der Waals surface area contributed by atoms with Gasteiger partial charge in [-0.25, -0.2) is 0 Å². The molecule has 0 amide bonds. The lowest BCUT2D eigenvalue weighted by Gasteiger charge is -2.50. The molecule has 0 bridgehead atoms. The van der Waals surface area contributed by atoms with Crippen LogP contribution in [0.1, 0.15) is 88.0 Å². The number of aliphatic hydroxyl groups is 1. The molecular formula is C22H40O3. The van der Waals surface area contributed by atoms with Gasteiger partial charge in [-0.2, -0.15) is 0 Å². The maximum Gasteiger partial charge on any atom is 0.308 e. The number of rotatable bonds is 7. The zero-order valence-corrected chi connectivity index (χ0v) is 18.0. The summed E-state index contributed by atoms with van der Waals surface area (Å²) in [6.45, 7) is 25.2. The van der Waals surface area contributed by atoms with Crippen LogP contribution in [-0.2, 0) is 9.53 Å². The summed E-state index contributed by atoms with van der Waals surface area (Å²) in [4.78, 5) is 11.3. The zero-order chi connectivity index (χ0) is 19.8. The van der Waals surface area contributed by atoms with Crippen LogP contribution in [0.4, 0.5) is 0 Å². The topological polar surface area (TPSA) is 46.5 Å². The fourth-order valence-electron chi connectivity index (χ4n) is 3.68. The third kappa shape index (κ3) is 5.32. The minimum Gasteiger partial charge on any atom is -0.436 e. The Bertz CT molecular complexity index is 506. The van der Waals surface area contributed by atoms with Crippen LogP contribution in [0.2, 0.25) is 0 Å². The lowest BCUT2D eigenvalue weighted by atomic mass is 9.55. The average Bonchev–Trinajstić information content (AvgIpc) is 2.63. The first-order valence-electron chi connectivity index (χ1n) is 9.53. The molecule has 1 heterocycles. The van der Waals surface area contributed by atoms with Crippen LogP contribution < -0.4 is 0 Å². The number of hydrogen-bond acceptors (Lipinski definition) is 3. The van der Waals surface area contributed by atoms with Crippen molar-refractivity contribution < 1.29 is 14.6 Å². The van der Waals surface area contributed by atoms with Crippen LogP contribution in [0.5, 0.6) is 0 Å². The molecule has 1 N–H and O–H groups in total. The van der Waals surface area contributed by atoms with E-state index in [1.165, 1.54) is 0 Å². The van der Waals surface area contributed by atoms with Crippen molar-refractivity contribution in [1.82, 2.24) is 0 Å². The fraction of sp³-hybridized carbons (Fsp3) is 0.864. The van der Waals surface area contributed by atoms with E-state index >= 15 is 0 Å². The highest BCUT2D eigenvalue weighted by Crippen LogP contribution is 2.54. The number of allylic oxidation sites excluding steroid dienone is 1. The summed E-state index contributed by atoms with van der Waals surface area (Å²) in [6.07, 6.45) is 1.98. The highest BCUT2D eigenvalue weighted by atomic mass is 16.6. The van der Waals surface area contributed by atoms with Crippen molar-refractivity contribution in [1.29, 1.82) is 0 Å². The van der Waals surface area contributed by atoms with Crippen LogP contribution >= 0.6 is 0 Å². The first kappa shape index (κ1) is 22.2. The molecule has 3 nitrogen and oxygen atoms in total. The van der Waals surface area contributed by atoms with Crippen molar-refractivity contribution in [3.8, 4) is 0 Å². The molecule has 1 saturated heterocycles. The lowest BCUT2D eigenvalue weighted by molar-refractivity contribution is -0.155. The second-order valence-corrected chi connectivity index (χ2v) is 11.1. The molecule has 1 aliphatic heterocycles. The molecule has 0 aliphatic carbocycles. The summed E-state index contributed by atoms with van der Waals surface area (Å²) in [5.74, 6) is -0.457. The molecule has 0 spiro atoms. The van der Waals surface area contributed by atoms with Gasteiger partial charge in [-0.3, -0.25) is 4.79 Å². The summed E-state index contributed by atoms with van der Waals surface area (Å²) in [5, 5.41) is 9.82. The third-order valence-corrected chi connectivity index (χ3v) is 7.07. The van der Waals surface area contributed by atoms with Crippen molar-refractivity contribution in [2.75, 3.05) is 0 Å². The molecule has 0 aromatic carbocycles. The predicted molar refractivity (Wildman–Crippen MR) is 104 cm³/mol. The molecular weight excluding hydrogens is 312 g/mol. The first-order valence-corrected chi connectivity index (χ1v) is 9.53. The highest BCUT2D eigenvalue weighted by molar-refractivity contribution is 5.71. The van der Waals surface area contributed by atoms with Gasteiger partial charge in [0.2, 0.25) is 6.29 Å². The molecule has 0 aromatic rings. The van der Waals surface area contributed by atoms with Crippen molar-refractivity contribution in [2.24, 2.45) is 27.6 Å². The molecule has 0 saturated carbocycles. The summed E-state index contributed by atoms with van der Waals surface area (Å²) in [5.41, 5.74) is 1.75. The van der Waals surface area contributed by atoms with E-state index in [9.17, 15) is 9.90 Å². The Morgan fingerprint density at radius 1 is 1.04 bits per heavy atom. The zero-order valence-electron chi connectivity index (χ0n) is 18.0. The smallest absolute Gasteiger partial charge is 0.308 e. The van der Waals surface area contributed by atoms with Gasteiger partial charge < -0.3 is 9.84 Å². The number of carbonyl (C=O) groups is 1. The van der Waals surface area contributed by atoms with E-state index in [1.807, 2.05) is 0 Å². The SMILES string of the molecule is C=C(CC1CC(=O)OC1O)CC(C)(C)C(C)(C)CC(C)(C)C(C)(C)C. The molecule has 25 heavy (non-hydrogen) atoms. The molecule has 1 fully saturated rings. The molecule has 3 heteroatoms. The molecule has 1 aliphatic rings. The van der Waals surface area contributed by atoms with E-state index in [0.29, 0.717) is 12.8 Å². The van der Waals surface area contributed by atoms with Crippen molar-refractivity contribution in [2.45, 2.75) is 94.3 Å². The van der Waals surface area contributed by atoms with E-state index < -0.39 is 6.29 Å². The number of esters is 1. The number of carbonyl (C=O) groups excluding carboxylic acids is 1. The third-order valence-electron chi connectivity index (χ3n) is 7.07. The van der Waals surface area contributed by atoms with Crippen LogP contribution in [0.25, 0.3) is 0 Å². The maximum absolute atomic E-state index is 11.3. The number of aliphatic hydroxyl groups excluding tert-OH is 1. The molecule has 1 rings (SSSR count). The van der Waals surface area contributed by atoms with Gasteiger partial charge >= 0.3 is 5.97 Å². The van der Waals surface area contributed by atoms with Gasteiger partial charge in [-0.05, 0) is 40.9 Å². The Morgan fingerprint density at radius 3 is 1.96 bits per heavy atom. The van der Waals surface area contributed by atoms with E-state index in [-0.39, 0.29) is 33.5 Å². The van der Waals surface area contributed by atoms with Gasteiger partial charge in [0.1, 0.15) is 0 Å². The molecule has 146 valence electrons. The summed E-state index contributed by atoms with van der Waals surface area (Å²) >= 11 is 0. The monoisotopic (exact) mass is 352 g/mol. The fourth-order valence-corrected chi connectivity index (χ4v) is 3.68. The van der Waals surface area contributed by atoms with E-state index in [1.54, 1.807) is 0 Å². The van der Waals surface area contributed by atoms with E-state index in [0.717, 1.165) is 18.4 Å². The Hall–Kier alpha value is -0.830. The number of cyclic esters (lactones) is 1. The Balaban J connectivity index is 2.78. The van der Waals surface area contributed by atoms with Gasteiger partial charge in [0.05, 0.1) is 6.42 Å². The summed E-state index contributed by atoms with van der Waals surface area (Å²) in [6, 6.07) is 0. The normalized spacial score (nSPS) is 22.9. The van der Waals surface area contributed by atoms with E-state index in [4.69, 9.17) is 4.74 Å². The minimum atomic E-state index is -0.972. The largest absolute Gasteiger partial charge is 0.436 e. The standard InChI is InChI=1S/C22H40O3/c1-15(11-16-12-17(23)25-18(16)24)13-20(5,6)22(9,10)14-21(7,8)19(2,3)4/h16,18,24H,1,11-14H2,2-10H3. The summed E-state index contributed by atoms with van der Waals surface area (Å²) in [7, 11) is 0. The second-order valence-electron chi connectivity index (χ2n) is 11.1. The molecule has 0 aromatic heterocycles. The second kappa shape index (κ2) is 7.06. The van der Waals surface area contributed by atoms with Gasteiger partial charge in [-0.1, -0.05) is 74.5 Å².